The van der Waals surface area contributed by atoms with Crippen LogP contribution in [0, 0.1) is 17.0 Å². The van der Waals surface area contributed by atoms with Crippen molar-refractivity contribution < 1.29 is 10.0 Å². The lowest BCUT2D eigenvalue weighted by atomic mass is 10.1. The van der Waals surface area contributed by atoms with E-state index in [1.807, 2.05) is 16.3 Å². The number of aliphatic hydroxyl groups is 1. The molecule has 6 heteroatoms. The highest BCUT2D eigenvalue weighted by molar-refractivity contribution is 7.07. The number of hydrogen-bond acceptors (Lipinski definition) is 5. The first-order chi connectivity index (χ1) is 9.61. The minimum atomic E-state index is -0.381. The largest absolute Gasteiger partial charge is 0.395 e. The molecular formula is C14H16N2O3S. The van der Waals surface area contributed by atoms with Gasteiger partial charge in [-0.3, -0.25) is 10.1 Å². The third-order valence-electron chi connectivity index (χ3n) is 3.07. The summed E-state index contributed by atoms with van der Waals surface area (Å²) in [6, 6.07) is 7.07. The Morgan fingerprint density at radius 3 is 2.75 bits per heavy atom. The summed E-state index contributed by atoms with van der Waals surface area (Å²) in [5.74, 6) is 0. The number of nitro benzene ring substituents is 1. The Balaban J connectivity index is 2.25. The van der Waals surface area contributed by atoms with Gasteiger partial charge in [-0.1, -0.05) is 0 Å². The molecule has 0 aliphatic heterocycles. The number of thiophene rings is 1. The second-order valence-electron chi connectivity index (χ2n) is 4.50. The number of aliphatic hydroxyl groups excluding tert-OH is 1. The van der Waals surface area contributed by atoms with E-state index in [0.717, 1.165) is 5.69 Å². The molecule has 1 N–H and O–H groups in total. The van der Waals surface area contributed by atoms with Crippen LogP contribution in [0.2, 0.25) is 0 Å². The maximum absolute atomic E-state index is 10.8. The first-order valence-electron chi connectivity index (χ1n) is 6.23. The highest BCUT2D eigenvalue weighted by atomic mass is 32.1. The molecule has 0 fully saturated rings. The van der Waals surface area contributed by atoms with Crippen LogP contribution in [0.4, 0.5) is 11.4 Å². The van der Waals surface area contributed by atoms with E-state index in [1.165, 1.54) is 11.6 Å². The monoisotopic (exact) mass is 292 g/mol. The average molecular weight is 292 g/mol. The van der Waals surface area contributed by atoms with Gasteiger partial charge in [0.2, 0.25) is 0 Å². The zero-order valence-corrected chi connectivity index (χ0v) is 12.0. The lowest BCUT2D eigenvalue weighted by molar-refractivity contribution is -0.385. The molecule has 1 aromatic heterocycles. The molecular weight excluding hydrogens is 276 g/mol. The van der Waals surface area contributed by atoms with Gasteiger partial charge in [0.15, 0.2) is 0 Å². The molecule has 0 unspecified atom stereocenters. The van der Waals surface area contributed by atoms with Crippen molar-refractivity contribution in [1.82, 2.24) is 0 Å². The van der Waals surface area contributed by atoms with Crippen molar-refractivity contribution in [2.75, 3.05) is 18.1 Å². The van der Waals surface area contributed by atoms with Crippen LogP contribution in [0.15, 0.2) is 35.0 Å². The van der Waals surface area contributed by atoms with Gasteiger partial charge in [0.25, 0.3) is 5.69 Å². The zero-order chi connectivity index (χ0) is 14.5. The first-order valence-corrected chi connectivity index (χ1v) is 7.18. The van der Waals surface area contributed by atoms with E-state index >= 15 is 0 Å². The summed E-state index contributed by atoms with van der Waals surface area (Å²) in [6.07, 6.45) is 0. The Morgan fingerprint density at radius 2 is 2.20 bits per heavy atom. The Labute approximate surface area is 121 Å². The van der Waals surface area contributed by atoms with Crippen molar-refractivity contribution in [3.63, 3.8) is 0 Å². The number of hydrogen-bond donors (Lipinski definition) is 1. The number of benzene rings is 1. The smallest absolute Gasteiger partial charge is 0.272 e. The lowest BCUT2D eigenvalue weighted by Crippen LogP contribution is -2.25. The fraction of sp³-hybridized carbons (Fsp3) is 0.286. The maximum Gasteiger partial charge on any atom is 0.272 e. The van der Waals surface area contributed by atoms with Crippen LogP contribution < -0.4 is 4.90 Å². The fourth-order valence-electron chi connectivity index (χ4n) is 2.06. The van der Waals surface area contributed by atoms with Gasteiger partial charge >= 0.3 is 0 Å². The molecule has 5 nitrogen and oxygen atoms in total. The molecule has 0 atom stereocenters. The summed E-state index contributed by atoms with van der Waals surface area (Å²) < 4.78 is 0. The second-order valence-corrected chi connectivity index (χ2v) is 5.28. The molecule has 2 rings (SSSR count). The molecule has 1 heterocycles. The van der Waals surface area contributed by atoms with Gasteiger partial charge < -0.3 is 10.0 Å². The molecule has 0 saturated heterocycles. The predicted molar refractivity (Wildman–Crippen MR) is 80.3 cm³/mol. The van der Waals surface area contributed by atoms with Crippen LogP contribution in [0.5, 0.6) is 0 Å². The van der Waals surface area contributed by atoms with Crippen molar-refractivity contribution in [3.8, 4) is 0 Å². The van der Waals surface area contributed by atoms with Crippen LogP contribution >= 0.6 is 11.3 Å². The minimum absolute atomic E-state index is 0.0418. The molecule has 106 valence electrons. The van der Waals surface area contributed by atoms with Crippen molar-refractivity contribution in [2.45, 2.75) is 13.5 Å². The van der Waals surface area contributed by atoms with Gasteiger partial charge in [-0.2, -0.15) is 11.3 Å². The van der Waals surface area contributed by atoms with E-state index in [1.54, 1.807) is 30.4 Å². The van der Waals surface area contributed by atoms with Crippen LogP contribution in [-0.2, 0) is 6.54 Å². The number of nitrogens with zero attached hydrogens (tertiary/aromatic N) is 2. The highest BCUT2D eigenvalue weighted by Gasteiger charge is 2.14. The molecule has 0 bridgehead atoms. The van der Waals surface area contributed by atoms with Crippen molar-refractivity contribution in [1.29, 1.82) is 0 Å². The quantitative estimate of drug-likeness (QED) is 0.656. The minimum Gasteiger partial charge on any atom is -0.395 e. The molecule has 0 radical (unpaired) electrons. The molecule has 0 saturated carbocycles. The van der Waals surface area contributed by atoms with Crippen LogP contribution in [0.3, 0.4) is 0 Å². The Kier molecular flexibility index (Phi) is 4.70. The number of anilines is 1. The topological polar surface area (TPSA) is 66.6 Å². The van der Waals surface area contributed by atoms with Crippen molar-refractivity contribution >= 4 is 22.7 Å². The summed E-state index contributed by atoms with van der Waals surface area (Å²) in [7, 11) is 0. The zero-order valence-electron chi connectivity index (χ0n) is 11.2. The van der Waals surface area contributed by atoms with E-state index in [4.69, 9.17) is 0 Å². The van der Waals surface area contributed by atoms with E-state index in [9.17, 15) is 15.2 Å². The summed E-state index contributed by atoms with van der Waals surface area (Å²) in [5.41, 5.74) is 2.79. The molecule has 0 aliphatic rings. The fourth-order valence-corrected chi connectivity index (χ4v) is 2.72. The lowest BCUT2D eigenvalue weighted by Gasteiger charge is -2.24. The molecule has 0 aliphatic carbocycles. The number of nitro groups is 1. The second kappa shape index (κ2) is 6.49. The van der Waals surface area contributed by atoms with Crippen molar-refractivity contribution in [2.24, 2.45) is 0 Å². The maximum atomic E-state index is 10.8. The van der Waals surface area contributed by atoms with E-state index < -0.39 is 0 Å². The van der Waals surface area contributed by atoms with Crippen LogP contribution in [0.1, 0.15) is 11.1 Å². The Bertz CT molecular complexity index is 584. The van der Waals surface area contributed by atoms with Gasteiger partial charge in [-0.15, -0.1) is 0 Å². The Hall–Kier alpha value is -1.92. The van der Waals surface area contributed by atoms with Crippen LogP contribution in [0.25, 0.3) is 0 Å². The van der Waals surface area contributed by atoms with Gasteiger partial charge in [-0.25, -0.2) is 0 Å². The van der Waals surface area contributed by atoms with E-state index in [-0.39, 0.29) is 17.2 Å². The molecule has 0 amide bonds. The third kappa shape index (κ3) is 3.34. The number of aryl methyl sites for hydroxylation is 1. The standard InChI is InChI=1S/C14H16N2O3S/c1-11-8-13(2-3-14(11)16(18)19)15(5-6-17)9-12-4-7-20-10-12/h2-4,7-8,10,17H,5-6,9H2,1H3. The van der Waals surface area contributed by atoms with E-state index in [2.05, 4.69) is 5.38 Å². The molecule has 0 spiro atoms. The predicted octanol–water partition coefficient (Wildman–Crippen LogP) is 2.96. The third-order valence-corrected chi connectivity index (χ3v) is 3.80. The normalized spacial score (nSPS) is 10.5. The van der Waals surface area contributed by atoms with E-state index in [0.29, 0.717) is 18.7 Å². The molecule has 20 heavy (non-hydrogen) atoms. The van der Waals surface area contributed by atoms with Crippen LogP contribution in [-0.4, -0.2) is 23.2 Å². The van der Waals surface area contributed by atoms with Gasteiger partial charge in [0, 0.05) is 30.4 Å². The van der Waals surface area contributed by atoms with Gasteiger partial charge in [0.1, 0.15) is 0 Å². The van der Waals surface area contributed by atoms with Gasteiger partial charge in [0.05, 0.1) is 11.5 Å². The average Bonchev–Trinajstić information content (AvgIpc) is 2.90. The summed E-state index contributed by atoms with van der Waals surface area (Å²) in [5, 5.41) is 24.1. The molecule has 1 aromatic carbocycles. The summed E-state index contributed by atoms with van der Waals surface area (Å²) in [6.45, 7) is 2.94. The van der Waals surface area contributed by atoms with Gasteiger partial charge in [-0.05, 0) is 41.4 Å². The Morgan fingerprint density at radius 1 is 1.40 bits per heavy atom. The first kappa shape index (κ1) is 14.5. The summed E-state index contributed by atoms with van der Waals surface area (Å²) in [4.78, 5) is 12.5. The highest BCUT2D eigenvalue weighted by Crippen LogP contribution is 2.25. The SMILES string of the molecule is Cc1cc(N(CCO)Cc2ccsc2)ccc1[N+](=O)[O-]. The molecule has 2 aromatic rings. The van der Waals surface area contributed by atoms with Crippen molar-refractivity contribution in [3.05, 3.63) is 56.3 Å². The number of rotatable bonds is 6. The summed E-state index contributed by atoms with van der Waals surface area (Å²) >= 11 is 1.63.